The van der Waals surface area contributed by atoms with E-state index in [0.29, 0.717) is 19.6 Å². The monoisotopic (exact) mass is 298 g/mol. The first kappa shape index (κ1) is 17.1. The highest BCUT2D eigenvalue weighted by molar-refractivity contribution is 7.92. The van der Waals surface area contributed by atoms with Gasteiger partial charge in [-0.15, -0.1) is 0 Å². The van der Waals surface area contributed by atoms with Gasteiger partial charge in [0, 0.05) is 26.2 Å². The number of nitrogens with zero attached hydrogens (tertiary/aromatic N) is 1. The number of sulfone groups is 1. The average Bonchev–Trinajstić information content (AvgIpc) is 2.36. The molecule has 0 aliphatic rings. The molecule has 0 spiro atoms. The van der Waals surface area contributed by atoms with E-state index in [0.717, 1.165) is 6.54 Å². The van der Waals surface area contributed by atoms with Gasteiger partial charge in [-0.1, -0.05) is 30.3 Å². The highest BCUT2D eigenvalue weighted by Gasteiger charge is 2.28. The molecule has 4 nitrogen and oxygen atoms in total. The molecule has 0 atom stereocenters. The minimum Gasteiger partial charge on any atom is -0.329 e. The molecule has 0 radical (unpaired) electrons. The Morgan fingerprint density at radius 1 is 1.10 bits per heavy atom. The molecule has 0 heterocycles. The van der Waals surface area contributed by atoms with Gasteiger partial charge in [0.15, 0.2) is 9.84 Å². The van der Waals surface area contributed by atoms with Gasteiger partial charge in [-0.05, 0) is 26.3 Å². The molecule has 114 valence electrons. The van der Waals surface area contributed by atoms with Crippen LogP contribution in [-0.4, -0.2) is 43.5 Å². The first-order valence-corrected chi connectivity index (χ1v) is 8.60. The van der Waals surface area contributed by atoms with E-state index < -0.39 is 14.6 Å². The second kappa shape index (κ2) is 7.20. The maximum Gasteiger partial charge on any atom is 0.156 e. The number of benzene rings is 1. The van der Waals surface area contributed by atoms with Crippen molar-refractivity contribution in [1.29, 1.82) is 0 Å². The predicted octanol–water partition coefficient (Wildman–Crippen LogP) is 1.66. The third-order valence-electron chi connectivity index (χ3n) is 3.30. The van der Waals surface area contributed by atoms with Crippen LogP contribution in [0, 0.1) is 0 Å². The second-order valence-electron chi connectivity index (χ2n) is 5.98. The smallest absolute Gasteiger partial charge is 0.156 e. The first-order valence-electron chi connectivity index (χ1n) is 6.95. The van der Waals surface area contributed by atoms with E-state index in [1.54, 1.807) is 20.8 Å². The van der Waals surface area contributed by atoms with Crippen LogP contribution in [0.3, 0.4) is 0 Å². The fraction of sp³-hybridized carbons (Fsp3) is 0.600. The summed E-state index contributed by atoms with van der Waals surface area (Å²) in [7, 11) is -3.09. The molecule has 0 unspecified atom stereocenters. The molecule has 0 aromatic heterocycles. The number of rotatable bonds is 7. The third-order valence-corrected chi connectivity index (χ3v) is 5.89. The van der Waals surface area contributed by atoms with Crippen LogP contribution in [0.2, 0.25) is 0 Å². The van der Waals surface area contributed by atoms with E-state index in [2.05, 4.69) is 4.90 Å². The zero-order valence-corrected chi connectivity index (χ0v) is 13.5. The Bertz CT molecular complexity index is 492. The number of hydrogen-bond acceptors (Lipinski definition) is 4. The summed E-state index contributed by atoms with van der Waals surface area (Å²) >= 11 is 0. The van der Waals surface area contributed by atoms with Crippen LogP contribution in [0.5, 0.6) is 0 Å². The van der Waals surface area contributed by atoms with Gasteiger partial charge in [0.05, 0.1) is 10.5 Å². The van der Waals surface area contributed by atoms with Crippen LogP contribution in [-0.2, 0) is 16.4 Å². The third kappa shape index (κ3) is 5.23. The second-order valence-corrected chi connectivity index (χ2v) is 8.84. The van der Waals surface area contributed by atoms with Gasteiger partial charge < -0.3 is 5.73 Å². The molecule has 1 aromatic rings. The summed E-state index contributed by atoms with van der Waals surface area (Å²) in [4.78, 5) is 2.10. The van der Waals surface area contributed by atoms with Crippen molar-refractivity contribution in [3.05, 3.63) is 35.9 Å². The van der Waals surface area contributed by atoms with E-state index in [1.165, 1.54) is 5.56 Å². The summed E-state index contributed by atoms with van der Waals surface area (Å²) < 4.78 is 23.6. The molecule has 0 aliphatic carbocycles. The van der Waals surface area contributed by atoms with Gasteiger partial charge in [-0.25, -0.2) is 8.42 Å². The molecule has 0 saturated carbocycles. The lowest BCUT2D eigenvalue weighted by atomic mass is 10.2. The minimum absolute atomic E-state index is 0.170. The molecule has 2 N–H and O–H groups in total. The van der Waals surface area contributed by atoms with Crippen molar-refractivity contribution in [3.63, 3.8) is 0 Å². The molecule has 0 amide bonds. The minimum atomic E-state index is -3.09. The lowest BCUT2D eigenvalue weighted by Gasteiger charge is -2.25. The summed E-state index contributed by atoms with van der Waals surface area (Å²) in [6.07, 6.45) is 0. The number of nitrogens with two attached hydrogens (primary N) is 1. The Kier molecular flexibility index (Phi) is 6.17. The summed E-state index contributed by atoms with van der Waals surface area (Å²) in [5.74, 6) is 0.170. The van der Waals surface area contributed by atoms with Crippen LogP contribution in [0.4, 0.5) is 0 Å². The zero-order valence-electron chi connectivity index (χ0n) is 12.7. The standard InChI is InChI=1S/C15H26N2O2S/c1-15(2,3)20(18,19)12-11-17(10-9-16)13-14-7-5-4-6-8-14/h4-8H,9-13,16H2,1-3H3. The van der Waals surface area contributed by atoms with Crippen molar-refractivity contribution in [2.24, 2.45) is 5.73 Å². The van der Waals surface area contributed by atoms with E-state index in [4.69, 9.17) is 5.73 Å². The largest absolute Gasteiger partial charge is 0.329 e. The van der Waals surface area contributed by atoms with Crippen molar-refractivity contribution in [2.45, 2.75) is 32.1 Å². The maximum absolute atomic E-state index is 12.2. The SMILES string of the molecule is CC(C)(C)S(=O)(=O)CCN(CCN)Cc1ccccc1. The zero-order chi connectivity index (χ0) is 15.2. The van der Waals surface area contributed by atoms with Gasteiger partial charge in [0.25, 0.3) is 0 Å². The van der Waals surface area contributed by atoms with Crippen LogP contribution >= 0.6 is 0 Å². The maximum atomic E-state index is 12.2. The summed E-state index contributed by atoms with van der Waals surface area (Å²) in [5, 5.41) is 0. The first-order chi connectivity index (χ1) is 9.26. The van der Waals surface area contributed by atoms with Gasteiger partial charge in [-0.3, -0.25) is 4.90 Å². The van der Waals surface area contributed by atoms with Crippen LogP contribution in [0.1, 0.15) is 26.3 Å². The molecule has 0 aliphatic heterocycles. The van der Waals surface area contributed by atoms with E-state index >= 15 is 0 Å². The Labute approximate surface area is 122 Å². The van der Waals surface area contributed by atoms with Crippen LogP contribution in [0.15, 0.2) is 30.3 Å². The Morgan fingerprint density at radius 3 is 2.20 bits per heavy atom. The van der Waals surface area contributed by atoms with E-state index in [1.807, 2.05) is 30.3 Å². The molecule has 5 heteroatoms. The number of hydrogen-bond donors (Lipinski definition) is 1. The highest BCUT2D eigenvalue weighted by atomic mass is 32.2. The molecule has 1 rings (SSSR count). The quantitative estimate of drug-likeness (QED) is 0.831. The molecule has 0 bridgehead atoms. The van der Waals surface area contributed by atoms with Gasteiger partial charge >= 0.3 is 0 Å². The molecule has 0 saturated heterocycles. The summed E-state index contributed by atoms with van der Waals surface area (Å²) in [6, 6.07) is 10.0. The van der Waals surface area contributed by atoms with Crippen molar-refractivity contribution >= 4 is 9.84 Å². The molecule has 20 heavy (non-hydrogen) atoms. The van der Waals surface area contributed by atoms with Gasteiger partial charge in [-0.2, -0.15) is 0 Å². The van der Waals surface area contributed by atoms with Gasteiger partial charge in [0.2, 0.25) is 0 Å². The lowest BCUT2D eigenvalue weighted by Crippen LogP contribution is -2.38. The molecule has 0 fully saturated rings. The Hall–Kier alpha value is -0.910. The van der Waals surface area contributed by atoms with Crippen LogP contribution in [0.25, 0.3) is 0 Å². The molecule has 1 aromatic carbocycles. The molecular weight excluding hydrogens is 272 g/mol. The summed E-state index contributed by atoms with van der Waals surface area (Å²) in [6.45, 7) is 7.72. The fourth-order valence-electron chi connectivity index (χ4n) is 1.85. The van der Waals surface area contributed by atoms with Crippen LogP contribution < -0.4 is 5.73 Å². The highest BCUT2D eigenvalue weighted by Crippen LogP contribution is 2.16. The van der Waals surface area contributed by atoms with Crippen molar-refractivity contribution in [3.8, 4) is 0 Å². The topological polar surface area (TPSA) is 63.4 Å². The lowest BCUT2D eigenvalue weighted by molar-refractivity contribution is 0.288. The summed E-state index contributed by atoms with van der Waals surface area (Å²) in [5.41, 5.74) is 6.79. The Morgan fingerprint density at radius 2 is 1.70 bits per heavy atom. The molecular formula is C15H26N2O2S. The van der Waals surface area contributed by atoms with E-state index in [-0.39, 0.29) is 5.75 Å². The fourth-order valence-corrected chi connectivity index (χ4v) is 2.96. The van der Waals surface area contributed by atoms with Gasteiger partial charge in [0.1, 0.15) is 0 Å². The predicted molar refractivity (Wildman–Crippen MR) is 84.3 cm³/mol. The normalized spacial score (nSPS) is 12.8. The Balaban J connectivity index is 2.65. The van der Waals surface area contributed by atoms with Crippen molar-refractivity contribution in [2.75, 3.05) is 25.4 Å². The average molecular weight is 298 g/mol. The van der Waals surface area contributed by atoms with E-state index in [9.17, 15) is 8.42 Å². The van der Waals surface area contributed by atoms with Crippen molar-refractivity contribution in [1.82, 2.24) is 4.90 Å². The van der Waals surface area contributed by atoms with Crippen molar-refractivity contribution < 1.29 is 8.42 Å².